The molecule has 0 aliphatic carbocycles. The van der Waals surface area contributed by atoms with Crippen LogP contribution in [-0.2, 0) is 4.74 Å². The number of hydrogen-bond donors (Lipinski definition) is 2. The Balaban J connectivity index is 1.97. The summed E-state index contributed by atoms with van der Waals surface area (Å²) in [6.07, 6.45) is 1.85. The van der Waals surface area contributed by atoms with Crippen LogP contribution in [0.15, 0.2) is 12.3 Å². The number of nitrogens with one attached hydrogen (secondary N) is 2. The molecule has 0 amide bonds. The lowest BCUT2D eigenvalue weighted by Gasteiger charge is -2.14. The van der Waals surface area contributed by atoms with Crippen molar-refractivity contribution in [1.82, 2.24) is 4.98 Å². The Morgan fingerprint density at radius 1 is 1.47 bits per heavy atom. The fourth-order valence-corrected chi connectivity index (χ4v) is 2.26. The molecule has 1 fully saturated rings. The molecule has 0 aromatic carbocycles. The molecule has 15 heavy (non-hydrogen) atoms. The van der Waals surface area contributed by atoms with Gasteiger partial charge < -0.3 is 15.4 Å². The van der Waals surface area contributed by atoms with E-state index in [-0.39, 0.29) is 0 Å². The first-order valence-electron chi connectivity index (χ1n) is 5.38. The van der Waals surface area contributed by atoms with Gasteiger partial charge in [-0.1, -0.05) is 0 Å². The van der Waals surface area contributed by atoms with Gasteiger partial charge in [0.05, 0.1) is 24.9 Å². The van der Waals surface area contributed by atoms with Crippen molar-refractivity contribution in [1.29, 1.82) is 0 Å². The summed E-state index contributed by atoms with van der Waals surface area (Å²) in [6.45, 7) is 4.71. The SMILES string of the molecule is Cc1ccnc2c1NCC1COCC1N2. The fraction of sp³-hybridized carbons (Fsp3) is 0.545. The molecule has 80 valence electrons. The van der Waals surface area contributed by atoms with E-state index in [0.29, 0.717) is 12.0 Å². The molecule has 1 saturated heterocycles. The Morgan fingerprint density at radius 2 is 2.40 bits per heavy atom. The molecule has 0 bridgehead atoms. The number of fused-ring (bicyclic) bond motifs is 2. The van der Waals surface area contributed by atoms with Gasteiger partial charge in [-0.3, -0.25) is 0 Å². The highest BCUT2D eigenvalue weighted by Crippen LogP contribution is 2.30. The van der Waals surface area contributed by atoms with E-state index in [1.165, 1.54) is 5.56 Å². The van der Waals surface area contributed by atoms with E-state index in [9.17, 15) is 0 Å². The highest BCUT2D eigenvalue weighted by Gasteiger charge is 2.31. The fourth-order valence-electron chi connectivity index (χ4n) is 2.26. The van der Waals surface area contributed by atoms with Crippen molar-refractivity contribution in [2.75, 3.05) is 30.4 Å². The number of pyridine rings is 1. The van der Waals surface area contributed by atoms with Crippen LogP contribution in [0.1, 0.15) is 5.56 Å². The van der Waals surface area contributed by atoms with Crippen LogP contribution < -0.4 is 10.6 Å². The summed E-state index contributed by atoms with van der Waals surface area (Å²) >= 11 is 0. The summed E-state index contributed by atoms with van der Waals surface area (Å²) in [7, 11) is 0. The minimum atomic E-state index is 0.410. The van der Waals surface area contributed by atoms with Gasteiger partial charge in [-0.25, -0.2) is 4.98 Å². The first-order chi connectivity index (χ1) is 7.34. The molecule has 2 aliphatic heterocycles. The molecule has 0 radical (unpaired) electrons. The Hall–Kier alpha value is -1.29. The largest absolute Gasteiger partial charge is 0.381 e. The van der Waals surface area contributed by atoms with Gasteiger partial charge in [-0.2, -0.15) is 0 Å². The number of hydrogen-bond acceptors (Lipinski definition) is 4. The minimum absolute atomic E-state index is 0.410. The van der Waals surface area contributed by atoms with Gasteiger partial charge in [-0.05, 0) is 18.6 Å². The molecule has 4 nitrogen and oxygen atoms in total. The molecular weight excluding hydrogens is 190 g/mol. The third-order valence-electron chi connectivity index (χ3n) is 3.22. The molecule has 1 aromatic rings. The Morgan fingerprint density at radius 3 is 3.33 bits per heavy atom. The van der Waals surface area contributed by atoms with Gasteiger partial charge in [0.15, 0.2) is 0 Å². The summed E-state index contributed by atoms with van der Waals surface area (Å²) in [5.41, 5.74) is 2.39. The van der Waals surface area contributed by atoms with E-state index in [0.717, 1.165) is 31.3 Å². The minimum Gasteiger partial charge on any atom is -0.381 e. The first-order valence-corrected chi connectivity index (χ1v) is 5.38. The molecule has 3 heterocycles. The second kappa shape index (κ2) is 3.38. The average molecular weight is 205 g/mol. The van der Waals surface area contributed by atoms with E-state index in [1.807, 2.05) is 12.3 Å². The number of aryl methyl sites for hydroxylation is 1. The monoisotopic (exact) mass is 205 g/mol. The maximum absolute atomic E-state index is 5.46. The summed E-state index contributed by atoms with van der Waals surface area (Å²) in [6, 6.07) is 2.44. The van der Waals surface area contributed by atoms with E-state index in [2.05, 4.69) is 22.5 Å². The lowest BCUT2D eigenvalue weighted by molar-refractivity contribution is 0.186. The van der Waals surface area contributed by atoms with Gasteiger partial charge in [0.25, 0.3) is 0 Å². The second-order valence-corrected chi connectivity index (χ2v) is 4.28. The number of ether oxygens (including phenoxy) is 1. The van der Waals surface area contributed by atoms with E-state index in [1.54, 1.807) is 0 Å². The molecule has 0 saturated carbocycles. The zero-order chi connectivity index (χ0) is 10.3. The van der Waals surface area contributed by atoms with Crippen molar-refractivity contribution in [3.63, 3.8) is 0 Å². The van der Waals surface area contributed by atoms with Gasteiger partial charge >= 0.3 is 0 Å². The van der Waals surface area contributed by atoms with Crippen LogP contribution in [0.5, 0.6) is 0 Å². The smallest absolute Gasteiger partial charge is 0.149 e. The van der Waals surface area contributed by atoms with Crippen LogP contribution in [0.3, 0.4) is 0 Å². The highest BCUT2D eigenvalue weighted by atomic mass is 16.5. The standard InChI is InChI=1S/C11H15N3O/c1-7-2-3-12-11-10(7)13-4-8-5-15-6-9(8)14-11/h2-3,8-9,13H,4-6H2,1H3,(H,12,14). The van der Waals surface area contributed by atoms with E-state index < -0.39 is 0 Å². The van der Waals surface area contributed by atoms with Gasteiger partial charge in [0.1, 0.15) is 5.82 Å². The van der Waals surface area contributed by atoms with Crippen molar-refractivity contribution < 1.29 is 4.74 Å². The van der Waals surface area contributed by atoms with Crippen LogP contribution in [0.2, 0.25) is 0 Å². The number of nitrogens with zero attached hydrogens (tertiary/aromatic N) is 1. The van der Waals surface area contributed by atoms with E-state index >= 15 is 0 Å². The highest BCUT2D eigenvalue weighted by molar-refractivity contribution is 5.69. The molecule has 1 aromatic heterocycles. The van der Waals surface area contributed by atoms with Crippen LogP contribution in [0.25, 0.3) is 0 Å². The quantitative estimate of drug-likeness (QED) is 0.669. The Kier molecular flexibility index (Phi) is 2.02. The number of anilines is 2. The lowest BCUT2D eigenvalue weighted by Crippen LogP contribution is -2.29. The Labute approximate surface area is 89.0 Å². The third kappa shape index (κ3) is 1.45. The molecular formula is C11H15N3O. The normalized spacial score (nSPS) is 28.3. The van der Waals surface area contributed by atoms with Gasteiger partial charge in [0, 0.05) is 18.7 Å². The molecule has 0 spiro atoms. The summed E-state index contributed by atoms with van der Waals surface area (Å²) in [4.78, 5) is 4.37. The van der Waals surface area contributed by atoms with Crippen LogP contribution in [0.4, 0.5) is 11.5 Å². The van der Waals surface area contributed by atoms with E-state index in [4.69, 9.17) is 4.74 Å². The molecule has 3 rings (SSSR count). The summed E-state index contributed by atoms with van der Waals surface area (Å²) in [5, 5.41) is 6.92. The van der Waals surface area contributed by atoms with Crippen LogP contribution in [-0.4, -0.2) is 30.8 Å². The number of rotatable bonds is 0. The van der Waals surface area contributed by atoms with Gasteiger partial charge in [0.2, 0.25) is 0 Å². The molecule has 2 aliphatic rings. The molecule has 2 atom stereocenters. The maximum Gasteiger partial charge on any atom is 0.149 e. The first kappa shape index (κ1) is 8.97. The van der Waals surface area contributed by atoms with Crippen molar-refractivity contribution in [3.05, 3.63) is 17.8 Å². The van der Waals surface area contributed by atoms with Crippen molar-refractivity contribution in [3.8, 4) is 0 Å². The predicted octanol–water partition coefficient (Wildman–Crippen LogP) is 1.24. The Bertz CT molecular complexity index is 380. The number of aromatic nitrogens is 1. The molecule has 4 heteroatoms. The summed E-state index contributed by atoms with van der Waals surface area (Å²) < 4.78 is 5.46. The zero-order valence-electron chi connectivity index (χ0n) is 8.79. The average Bonchev–Trinajstić information content (AvgIpc) is 2.58. The molecule has 2 unspecified atom stereocenters. The van der Waals surface area contributed by atoms with Crippen LogP contribution in [0, 0.1) is 12.8 Å². The van der Waals surface area contributed by atoms with Crippen molar-refractivity contribution in [2.24, 2.45) is 5.92 Å². The van der Waals surface area contributed by atoms with Gasteiger partial charge in [-0.15, -0.1) is 0 Å². The van der Waals surface area contributed by atoms with Crippen molar-refractivity contribution in [2.45, 2.75) is 13.0 Å². The molecule has 2 N–H and O–H groups in total. The van der Waals surface area contributed by atoms with Crippen molar-refractivity contribution >= 4 is 11.5 Å². The lowest BCUT2D eigenvalue weighted by atomic mass is 10.1. The zero-order valence-corrected chi connectivity index (χ0v) is 8.79. The van der Waals surface area contributed by atoms with Crippen LogP contribution >= 0.6 is 0 Å². The predicted molar refractivity (Wildman–Crippen MR) is 59.2 cm³/mol. The third-order valence-corrected chi connectivity index (χ3v) is 3.22. The topological polar surface area (TPSA) is 46.2 Å². The maximum atomic E-state index is 5.46. The second-order valence-electron chi connectivity index (χ2n) is 4.28. The summed E-state index contributed by atoms with van der Waals surface area (Å²) in [5.74, 6) is 1.52.